The molecule has 0 saturated heterocycles. The highest BCUT2D eigenvalue weighted by molar-refractivity contribution is 7.96. The summed E-state index contributed by atoms with van der Waals surface area (Å²) in [6, 6.07) is 10.9. The van der Waals surface area contributed by atoms with Gasteiger partial charge in [0.05, 0.1) is 17.7 Å². The van der Waals surface area contributed by atoms with Gasteiger partial charge in [0, 0.05) is 11.9 Å². The Balaban J connectivity index is 2.33. The van der Waals surface area contributed by atoms with Crippen LogP contribution in [-0.4, -0.2) is 21.5 Å². The van der Waals surface area contributed by atoms with Crippen LogP contribution >= 0.6 is 0 Å². The van der Waals surface area contributed by atoms with Gasteiger partial charge in [0.2, 0.25) is 9.84 Å². The van der Waals surface area contributed by atoms with Crippen LogP contribution in [0.25, 0.3) is 0 Å². The summed E-state index contributed by atoms with van der Waals surface area (Å²) in [6.45, 7) is 1.97. The third kappa shape index (κ3) is 2.80. The fourth-order valence-electron chi connectivity index (χ4n) is 2.78. The number of nitrogens with zero attached hydrogens (tertiary/aromatic N) is 1. The molecule has 1 aliphatic rings. The lowest BCUT2D eigenvalue weighted by Gasteiger charge is -2.29. The van der Waals surface area contributed by atoms with Crippen LogP contribution in [0.15, 0.2) is 58.5 Å². The number of fused-ring (bicyclic) bond motifs is 1. The maximum Gasteiger partial charge on any atom is 0.351 e. The number of benzene rings is 2. The second kappa shape index (κ2) is 6.33. The zero-order valence-corrected chi connectivity index (χ0v) is 14.5. The van der Waals surface area contributed by atoms with Crippen LogP contribution in [0.2, 0.25) is 0 Å². The predicted octanol–water partition coefficient (Wildman–Crippen LogP) is 3.33. The van der Waals surface area contributed by atoms with Crippen LogP contribution in [0.4, 0.5) is 15.8 Å². The highest BCUT2D eigenvalue weighted by Crippen LogP contribution is 2.41. The van der Waals surface area contributed by atoms with E-state index in [1.165, 1.54) is 18.3 Å². The summed E-state index contributed by atoms with van der Waals surface area (Å²) >= 11 is 0. The van der Waals surface area contributed by atoms with E-state index in [1.54, 1.807) is 4.90 Å². The van der Waals surface area contributed by atoms with E-state index in [9.17, 15) is 17.6 Å². The van der Waals surface area contributed by atoms with Crippen molar-refractivity contribution in [3.63, 3.8) is 0 Å². The van der Waals surface area contributed by atoms with Crippen molar-refractivity contribution < 1.29 is 22.3 Å². The third-order valence-corrected chi connectivity index (χ3v) is 5.78. The molecular weight excluding hydrogens is 345 g/mol. The Morgan fingerprint density at radius 1 is 1.16 bits per heavy atom. The van der Waals surface area contributed by atoms with Gasteiger partial charge in [0.15, 0.2) is 4.91 Å². The molecule has 0 radical (unpaired) electrons. The Bertz CT molecular complexity index is 982. The van der Waals surface area contributed by atoms with Crippen LogP contribution in [0.1, 0.15) is 12.5 Å². The molecule has 0 saturated carbocycles. The number of carbonyl (C=O) groups excluding carboxylic acids is 1. The molecule has 130 valence electrons. The van der Waals surface area contributed by atoms with Gasteiger partial charge >= 0.3 is 5.97 Å². The summed E-state index contributed by atoms with van der Waals surface area (Å²) in [5.74, 6) is -1.69. The lowest BCUT2D eigenvalue weighted by atomic mass is 10.1. The van der Waals surface area contributed by atoms with Gasteiger partial charge in [0.25, 0.3) is 0 Å². The first kappa shape index (κ1) is 17.2. The van der Waals surface area contributed by atoms with Crippen LogP contribution in [0, 0.1) is 5.82 Å². The van der Waals surface area contributed by atoms with E-state index in [-0.39, 0.29) is 10.6 Å². The zero-order valence-electron chi connectivity index (χ0n) is 13.7. The van der Waals surface area contributed by atoms with E-state index >= 15 is 0 Å². The number of ether oxygens (including phenoxy) is 1. The van der Waals surface area contributed by atoms with Crippen LogP contribution < -0.4 is 4.90 Å². The lowest BCUT2D eigenvalue weighted by Crippen LogP contribution is -2.26. The molecule has 2 aromatic rings. The standard InChI is InChI=1S/C18H16FNO4S/c1-3-12-6-4-5-7-14(12)20-11-17(18(21)24-2)25(22,23)16-10-13(19)8-9-15(16)20/h4-11H,3H2,1-2H3. The zero-order chi connectivity index (χ0) is 18.2. The SMILES string of the molecule is CCc1ccccc1N1C=C(C(=O)OC)S(=O)(=O)c2cc(F)ccc21. The Morgan fingerprint density at radius 2 is 1.88 bits per heavy atom. The first-order chi connectivity index (χ1) is 11.9. The maximum absolute atomic E-state index is 13.7. The minimum atomic E-state index is -4.17. The minimum absolute atomic E-state index is 0.263. The van der Waals surface area contributed by atoms with Gasteiger partial charge < -0.3 is 9.64 Å². The molecule has 0 atom stereocenters. The molecule has 1 aliphatic heterocycles. The minimum Gasteiger partial charge on any atom is -0.465 e. The van der Waals surface area contributed by atoms with E-state index in [0.717, 1.165) is 18.7 Å². The third-order valence-electron chi connectivity index (χ3n) is 4.03. The van der Waals surface area contributed by atoms with Gasteiger partial charge in [0.1, 0.15) is 5.82 Å². The first-order valence-electron chi connectivity index (χ1n) is 7.62. The van der Waals surface area contributed by atoms with Gasteiger partial charge in [-0.25, -0.2) is 17.6 Å². The number of esters is 1. The highest BCUT2D eigenvalue weighted by Gasteiger charge is 2.37. The number of halogens is 1. The van der Waals surface area contributed by atoms with Crippen molar-refractivity contribution in [1.82, 2.24) is 0 Å². The smallest absolute Gasteiger partial charge is 0.351 e. The average molecular weight is 361 g/mol. The number of methoxy groups -OCH3 is 1. The summed E-state index contributed by atoms with van der Waals surface area (Å²) in [6.07, 6.45) is 1.94. The van der Waals surface area contributed by atoms with E-state index in [0.29, 0.717) is 12.1 Å². The Morgan fingerprint density at radius 3 is 2.56 bits per heavy atom. The first-order valence-corrected chi connectivity index (χ1v) is 9.10. The molecule has 0 fully saturated rings. The molecular formula is C18H16FNO4S. The van der Waals surface area contributed by atoms with Crippen molar-refractivity contribution in [1.29, 1.82) is 0 Å². The molecule has 25 heavy (non-hydrogen) atoms. The number of anilines is 2. The number of para-hydroxylation sites is 1. The second-order valence-corrected chi connectivity index (χ2v) is 7.34. The summed E-state index contributed by atoms with van der Waals surface area (Å²) in [7, 11) is -3.07. The molecule has 0 spiro atoms. The second-order valence-electron chi connectivity index (χ2n) is 5.45. The van der Waals surface area contributed by atoms with Crippen molar-refractivity contribution in [2.75, 3.05) is 12.0 Å². The molecule has 0 unspecified atom stereocenters. The normalized spacial score (nSPS) is 15.3. The average Bonchev–Trinajstić information content (AvgIpc) is 2.61. The van der Waals surface area contributed by atoms with Crippen molar-refractivity contribution in [3.05, 3.63) is 65.0 Å². The number of carbonyl (C=O) groups is 1. The Kier molecular flexibility index (Phi) is 4.34. The number of hydrogen-bond donors (Lipinski definition) is 0. The van der Waals surface area contributed by atoms with Gasteiger partial charge in [-0.2, -0.15) is 0 Å². The van der Waals surface area contributed by atoms with Crippen LogP contribution in [-0.2, 0) is 25.8 Å². The van der Waals surface area contributed by atoms with E-state index in [1.807, 2.05) is 31.2 Å². The number of hydrogen-bond acceptors (Lipinski definition) is 5. The summed E-state index contributed by atoms with van der Waals surface area (Å²) in [5.41, 5.74) is 1.96. The molecule has 7 heteroatoms. The molecule has 5 nitrogen and oxygen atoms in total. The highest BCUT2D eigenvalue weighted by atomic mass is 32.2. The Hall–Kier alpha value is -2.67. The van der Waals surface area contributed by atoms with Gasteiger partial charge in [-0.05, 0) is 36.2 Å². The van der Waals surface area contributed by atoms with E-state index in [2.05, 4.69) is 4.74 Å². The summed E-state index contributed by atoms with van der Waals surface area (Å²) in [4.78, 5) is 12.8. The molecule has 2 aromatic carbocycles. The van der Waals surface area contributed by atoms with Gasteiger partial charge in [-0.3, -0.25) is 0 Å². The van der Waals surface area contributed by atoms with Crippen molar-refractivity contribution >= 4 is 27.2 Å². The van der Waals surface area contributed by atoms with Crippen molar-refractivity contribution in [3.8, 4) is 0 Å². The lowest BCUT2D eigenvalue weighted by molar-refractivity contribution is -0.135. The topological polar surface area (TPSA) is 63.7 Å². The van der Waals surface area contributed by atoms with E-state index in [4.69, 9.17) is 0 Å². The molecule has 0 aliphatic carbocycles. The summed E-state index contributed by atoms with van der Waals surface area (Å²) < 4.78 is 43.8. The molecule has 0 bridgehead atoms. The fourth-order valence-corrected chi connectivity index (χ4v) is 4.28. The van der Waals surface area contributed by atoms with Crippen molar-refractivity contribution in [2.24, 2.45) is 0 Å². The van der Waals surface area contributed by atoms with E-state index < -0.39 is 26.5 Å². The molecule has 0 amide bonds. The molecule has 3 rings (SSSR count). The van der Waals surface area contributed by atoms with Crippen molar-refractivity contribution in [2.45, 2.75) is 18.2 Å². The number of rotatable bonds is 3. The Labute approximate surface area is 145 Å². The maximum atomic E-state index is 13.7. The molecule has 0 aromatic heterocycles. The van der Waals surface area contributed by atoms with Crippen LogP contribution in [0.3, 0.4) is 0 Å². The van der Waals surface area contributed by atoms with Gasteiger partial charge in [-0.15, -0.1) is 0 Å². The molecule has 1 heterocycles. The fraction of sp³-hybridized carbons (Fsp3) is 0.167. The number of sulfone groups is 1. The monoisotopic (exact) mass is 361 g/mol. The predicted molar refractivity (Wildman–Crippen MR) is 91.6 cm³/mol. The largest absolute Gasteiger partial charge is 0.465 e. The van der Waals surface area contributed by atoms with Crippen LogP contribution in [0.5, 0.6) is 0 Å². The quantitative estimate of drug-likeness (QED) is 0.785. The number of aryl methyl sites for hydroxylation is 1. The summed E-state index contributed by atoms with van der Waals surface area (Å²) in [5, 5.41) is 0. The van der Waals surface area contributed by atoms with Gasteiger partial charge in [-0.1, -0.05) is 25.1 Å². The molecule has 0 N–H and O–H groups in total.